The molecule has 1 fully saturated rings. The average molecular weight is 289 g/mol. The zero-order valence-electron chi connectivity index (χ0n) is 11.7. The van der Waals surface area contributed by atoms with E-state index in [1.54, 1.807) is 0 Å². The molecule has 2 nitrogen and oxygen atoms in total. The van der Waals surface area contributed by atoms with Crippen LogP contribution in [0.3, 0.4) is 0 Å². The molecule has 2 aliphatic rings. The second-order valence-corrected chi connectivity index (χ2v) is 5.79. The first-order valence-electron chi connectivity index (χ1n) is 7.41. The van der Waals surface area contributed by atoms with Gasteiger partial charge in [-0.1, -0.05) is 30.7 Å². The van der Waals surface area contributed by atoms with E-state index in [2.05, 4.69) is 52.1 Å². The number of nitrogens with zero attached hydrogens (tertiary/aromatic N) is 2. The van der Waals surface area contributed by atoms with Crippen molar-refractivity contribution in [3.8, 4) is 0 Å². The number of hydrogen-bond acceptors (Lipinski definition) is 1. The largest absolute Gasteiger partial charge is 0.321 e. The molecular formula is C17H21ClN2. The van der Waals surface area contributed by atoms with Gasteiger partial charge in [0.25, 0.3) is 0 Å². The van der Waals surface area contributed by atoms with Crippen molar-refractivity contribution in [2.45, 2.75) is 31.7 Å². The minimum absolute atomic E-state index is 0. The lowest BCUT2D eigenvalue weighted by atomic mass is 9.95. The van der Waals surface area contributed by atoms with Crippen molar-refractivity contribution in [2.75, 3.05) is 13.1 Å². The van der Waals surface area contributed by atoms with E-state index in [9.17, 15) is 0 Å². The van der Waals surface area contributed by atoms with Crippen molar-refractivity contribution in [3.05, 3.63) is 42.6 Å². The third-order valence-corrected chi connectivity index (χ3v) is 4.66. The molecule has 0 saturated carbocycles. The van der Waals surface area contributed by atoms with Gasteiger partial charge in [-0.15, -0.1) is 12.4 Å². The van der Waals surface area contributed by atoms with Crippen molar-refractivity contribution in [3.63, 3.8) is 0 Å². The second kappa shape index (κ2) is 5.63. The summed E-state index contributed by atoms with van der Waals surface area (Å²) in [5, 5.41) is 1.34. The molecule has 4 rings (SSSR count). The third-order valence-electron chi connectivity index (χ3n) is 4.66. The Labute approximate surface area is 126 Å². The number of hydrogen-bond donors (Lipinski definition) is 0. The van der Waals surface area contributed by atoms with Gasteiger partial charge in [-0.05, 0) is 36.9 Å². The molecule has 1 aromatic heterocycles. The van der Waals surface area contributed by atoms with Gasteiger partial charge in [-0.2, -0.15) is 0 Å². The van der Waals surface area contributed by atoms with E-state index in [-0.39, 0.29) is 12.4 Å². The summed E-state index contributed by atoms with van der Waals surface area (Å²) in [6.07, 6.45) is 10.0. The highest BCUT2D eigenvalue weighted by Crippen LogP contribution is 2.30. The van der Waals surface area contributed by atoms with Gasteiger partial charge >= 0.3 is 0 Å². The minimum Gasteiger partial charge on any atom is -0.321 e. The van der Waals surface area contributed by atoms with E-state index >= 15 is 0 Å². The topological polar surface area (TPSA) is 8.17 Å². The highest BCUT2D eigenvalue weighted by molar-refractivity contribution is 5.85. The monoisotopic (exact) mass is 288 g/mol. The average Bonchev–Trinajstić information content (AvgIpc) is 2.91. The fourth-order valence-electron chi connectivity index (χ4n) is 3.61. The van der Waals surface area contributed by atoms with Gasteiger partial charge in [-0.25, -0.2) is 0 Å². The highest BCUT2D eigenvalue weighted by atomic mass is 35.5. The first kappa shape index (κ1) is 13.7. The van der Waals surface area contributed by atoms with Gasteiger partial charge in [0.1, 0.15) is 0 Å². The normalized spacial score (nSPS) is 23.0. The molecule has 3 heterocycles. The van der Waals surface area contributed by atoms with Crippen LogP contribution in [0.1, 0.15) is 25.7 Å². The quantitative estimate of drug-likeness (QED) is 0.765. The summed E-state index contributed by atoms with van der Waals surface area (Å²) in [7, 11) is 0. The molecule has 0 aliphatic carbocycles. The summed E-state index contributed by atoms with van der Waals surface area (Å²) in [4.78, 5) is 2.65. The van der Waals surface area contributed by atoms with Crippen LogP contribution in [0, 0.1) is 0 Å². The molecule has 3 heteroatoms. The van der Waals surface area contributed by atoms with Crippen LogP contribution in [0.4, 0.5) is 0 Å². The fraction of sp³-hybridized carbons (Fsp3) is 0.412. The van der Waals surface area contributed by atoms with Crippen LogP contribution < -0.4 is 0 Å². The number of piperidine rings is 1. The fourth-order valence-corrected chi connectivity index (χ4v) is 3.61. The van der Waals surface area contributed by atoms with E-state index in [1.165, 1.54) is 48.8 Å². The van der Waals surface area contributed by atoms with Gasteiger partial charge in [0.15, 0.2) is 0 Å². The Kier molecular flexibility index (Phi) is 3.86. The predicted octanol–water partition coefficient (Wildman–Crippen LogP) is 4.16. The molecule has 106 valence electrons. The van der Waals surface area contributed by atoms with Crippen LogP contribution in [0.15, 0.2) is 42.6 Å². The molecule has 0 radical (unpaired) electrons. The van der Waals surface area contributed by atoms with Crippen LogP contribution in [-0.2, 0) is 0 Å². The number of benzene rings is 1. The van der Waals surface area contributed by atoms with Crippen LogP contribution >= 0.6 is 12.4 Å². The summed E-state index contributed by atoms with van der Waals surface area (Å²) < 4.78 is 2.39. The first-order valence-corrected chi connectivity index (χ1v) is 7.41. The maximum Gasteiger partial charge on any atom is 0.0525 e. The summed E-state index contributed by atoms with van der Waals surface area (Å²) in [5.41, 5.74) is 2.84. The van der Waals surface area contributed by atoms with Crippen molar-refractivity contribution in [1.29, 1.82) is 0 Å². The molecule has 1 aromatic carbocycles. The van der Waals surface area contributed by atoms with Gasteiger partial charge in [0, 0.05) is 30.9 Å². The maximum atomic E-state index is 2.65. The van der Waals surface area contributed by atoms with E-state index < -0.39 is 0 Å². The Bertz CT molecular complexity index is 629. The lowest BCUT2D eigenvalue weighted by Gasteiger charge is -2.39. The molecule has 2 aromatic rings. The Morgan fingerprint density at radius 2 is 1.95 bits per heavy atom. The van der Waals surface area contributed by atoms with Crippen LogP contribution in [0.2, 0.25) is 0 Å². The summed E-state index contributed by atoms with van der Waals surface area (Å²) >= 11 is 0. The Morgan fingerprint density at radius 1 is 1.05 bits per heavy atom. The highest BCUT2D eigenvalue weighted by Gasteiger charge is 2.26. The first-order chi connectivity index (χ1) is 9.42. The Balaban J connectivity index is 0.00000121. The van der Waals surface area contributed by atoms with Gasteiger partial charge < -0.3 is 4.57 Å². The van der Waals surface area contributed by atoms with Gasteiger partial charge in [-0.3, -0.25) is 4.90 Å². The van der Waals surface area contributed by atoms with Gasteiger partial charge in [0.05, 0.1) is 5.52 Å². The number of para-hydroxylation sites is 1. The molecule has 1 saturated heterocycles. The van der Waals surface area contributed by atoms with Crippen molar-refractivity contribution in [2.24, 2.45) is 0 Å². The minimum atomic E-state index is 0. The SMILES string of the molecule is C1=C(n2ccc3ccccc32)CC2CCCCN2C1.Cl. The van der Waals surface area contributed by atoms with E-state index in [4.69, 9.17) is 0 Å². The van der Waals surface area contributed by atoms with Crippen molar-refractivity contribution in [1.82, 2.24) is 9.47 Å². The van der Waals surface area contributed by atoms with Crippen molar-refractivity contribution >= 4 is 29.0 Å². The standard InChI is InChI=1S/C17H20N2.ClH/c1-2-7-17-14(5-1)8-12-19(17)16-9-11-18-10-4-3-6-15(18)13-16;/h1-2,5,7-9,12,15H,3-4,6,10-11,13H2;1H. The smallest absolute Gasteiger partial charge is 0.0525 e. The second-order valence-electron chi connectivity index (χ2n) is 5.79. The van der Waals surface area contributed by atoms with E-state index in [0.29, 0.717) is 0 Å². The number of rotatable bonds is 1. The maximum absolute atomic E-state index is 2.65. The molecule has 0 N–H and O–H groups in total. The Hall–Kier alpha value is -1.25. The predicted molar refractivity (Wildman–Crippen MR) is 87.3 cm³/mol. The molecule has 1 atom stereocenters. The van der Waals surface area contributed by atoms with Crippen molar-refractivity contribution < 1.29 is 0 Å². The summed E-state index contributed by atoms with van der Waals surface area (Å²) in [6.45, 7) is 2.42. The lowest BCUT2D eigenvalue weighted by molar-refractivity contribution is 0.160. The molecule has 20 heavy (non-hydrogen) atoms. The zero-order chi connectivity index (χ0) is 12.7. The Morgan fingerprint density at radius 3 is 2.90 bits per heavy atom. The van der Waals surface area contributed by atoms with Crippen LogP contribution in [0.25, 0.3) is 16.6 Å². The summed E-state index contributed by atoms with van der Waals surface area (Å²) in [6, 6.07) is 11.7. The van der Waals surface area contributed by atoms with Crippen LogP contribution in [-0.4, -0.2) is 28.6 Å². The number of halogens is 1. The lowest BCUT2D eigenvalue weighted by Crippen LogP contribution is -2.42. The molecular weight excluding hydrogens is 268 g/mol. The molecule has 0 bridgehead atoms. The molecule has 0 spiro atoms. The number of fused-ring (bicyclic) bond motifs is 2. The molecule has 2 aliphatic heterocycles. The third kappa shape index (κ3) is 2.27. The van der Waals surface area contributed by atoms with Crippen LogP contribution in [0.5, 0.6) is 0 Å². The van der Waals surface area contributed by atoms with E-state index in [0.717, 1.165) is 12.6 Å². The number of aromatic nitrogens is 1. The zero-order valence-corrected chi connectivity index (χ0v) is 12.5. The van der Waals surface area contributed by atoms with E-state index in [1.807, 2.05) is 0 Å². The van der Waals surface area contributed by atoms with Gasteiger partial charge in [0.2, 0.25) is 0 Å². The molecule has 1 unspecified atom stereocenters. The summed E-state index contributed by atoms with van der Waals surface area (Å²) in [5.74, 6) is 0. The molecule has 0 amide bonds.